The van der Waals surface area contributed by atoms with Gasteiger partial charge in [-0.3, -0.25) is 28.8 Å². The van der Waals surface area contributed by atoms with Gasteiger partial charge in [-0.1, -0.05) is 29.8 Å². The Morgan fingerprint density at radius 2 is 1.53 bits per heavy atom. The standard InChI is InChI=1S/C22H19N3O4S/c1-14-6-8-15(9-7-14)30-19(24-12-10-18(26)23-22(24)29)11-13-25-20(27)16-4-2-3-5-17(16)21(25)28/h2-10,12,19H,11,13H2,1H3,(H,23,26,29). The predicted molar refractivity (Wildman–Crippen MR) is 114 cm³/mol. The predicted octanol–water partition coefficient (Wildman–Crippen LogP) is 2.82. The molecule has 1 aliphatic heterocycles. The molecular weight excluding hydrogens is 402 g/mol. The highest BCUT2D eigenvalue weighted by Crippen LogP contribution is 2.34. The van der Waals surface area contributed by atoms with E-state index in [2.05, 4.69) is 4.98 Å². The fraction of sp³-hybridized carbons (Fsp3) is 0.182. The van der Waals surface area contributed by atoms with Crippen molar-refractivity contribution in [1.29, 1.82) is 0 Å². The average molecular weight is 421 g/mol. The van der Waals surface area contributed by atoms with Crippen LogP contribution in [0.4, 0.5) is 0 Å². The zero-order valence-electron chi connectivity index (χ0n) is 16.2. The van der Waals surface area contributed by atoms with E-state index in [4.69, 9.17) is 0 Å². The quantitative estimate of drug-likeness (QED) is 0.488. The van der Waals surface area contributed by atoms with Crippen molar-refractivity contribution in [3.05, 3.63) is 98.3 Å². The zero-order valence-corrected chi connectivity index (χ0v) is 17.0. The lowest BCUT2D eigenvalue weighted by atomic mass is 10.1. The molecular formula is C22H19N3O4S. The van der Waals surface area contributed by atoms with Gasteiger partial charge in [-0.05, 0) is 37.6 Å². The highest BCUT2D eigenvalue weighted by Gasteiger charge is 2.35. The fourth-order valence-electron chi connectivity index (χ4n) is 3.36. The second-order valence-electron chi connectivity index (χ2n) is 7.00. The monoisotopic (exact) mass is 421 g/mol. The summed E-state index contributed by atoms with van der Waals surface area (Å²) in [6.45, 7) is 2.14. The minimum atomic E-state index is -0.533. The summed E-state index contributed by atoms with van der Waals surface area (Å²) in [5.74, 6) is -0.660. The van der Waals surface area contributed by atoms with Crippen molar-refractivity contribution in [2.24, 2.45) is 0 Å². The van der Waals surface area contributed by atoms with Crippen molar-refractivity contribution < 1.29 is 9.59 Å². The largest absolute Gasteiger partial charge is 0.329 e. The van der Waals surface area contributed by atoms with Gasteiger partial charge in [-0.25, -0.2) is 4.79 Å². The first-order valence-electron chi connectivity index (χ1n) is 9.44. The third-order valence-corrected chi connectivity index (χ3v) is 6.21. The van der Waals surface area contributed by atoms with Crippen LogP contribution in [-0.4, -0.2) is 32.8 Å². The number of H-pyrrole nitrogens is 1. The maximum atomic E-state index is 12.6. The van der Waals surface area contributed by atoms with Crippen LogP contribution in [0.3, 0.4) is 0 Å². The zero-order chi connectivity index (χ0) is 21.3. The molecule has 4 rings (SSSR count). The summed E-state index contributed by atoms with van der Waals surface area (Å²) in [6, 6.07) is 15.9. The van der Waals surface area contributed by atoms with Crippen LogP contribution in [0.15, 0.2) is 75.3 Å². The molecule has 2 aromatic carbocycles. The summed E-state index contributed by atoms with van der Waals surface area (Å²) < 4.78 is 1.42. The molecule has 1 aliphatic rings. The Balaban J connectivity index is 1.59. The number of benzene rings is 2. The van der Waals surface area contributed by atoms with E-state index in [0.29, 0.717) is 17.5 Å². The third kappa shape index (κ3) is 3.86. The minimum absolute atomic E-state index is 0.154. The molecule has 1 aromatic heterocycles. The van der Waals surface area contributed by atoms with Gasteiger partial charge in [0, 0.05) is 23.7 Å². The van der Waals surface area contributed by atoms with E-state index >= 15 is 0 Å². The highest BCUT2D eigenvalue weighted by atomic mass is 32.2. The summed E-state index contributed by atoms with van der Waals surface area (Å²) in [5.41, 5.74) is 0.895. The molecule has 0 radical (unpaired) electrons. The van der Waals surface area contributed by atoms with Crippen molar-refractivity contribution in [2.75, 3.05) is 6.54 Å². The Kier molecular flexibility index (Phi) is 5.41. The van der Waals surface area contributed by atoms with Crippen LogP contribution >= 0.6 is 11.8 Å². The summed E-state index contributed by atoms with van der Waals surface area (Å²) in [6.07, 6.45) is 1.78. The Morgan fingerprint density at radius 3 is 2.13 bits per heavy atom. The maximum absolute atomic E-state index is 12.6. The van der Waals surface area contributed by atoms with Crippen molar-refractivity contribution in [3.63, 3.8) is 0 Å². The van der Waals surface area contributed by atoms with Gasteiger partial charge in [0.2, 0.25) is 0 Å². The molecule has 0 saturated carbocycles. The molecule has 30 heavy (non-hydrogen) atoms. The van der Waals surface area contributed by atoms with E-state index in [9.17, 15) is 19.2 Å². The smallest absolute Gasteiger partial charge is 0.288 e. The second-order valence-corrected chi connectivity index (χ2v) is 8.25. The van der Waals surface area contributed by atoms with E-state index < -0.39 is 16.6 Å². The van der Waals surface area contributed by atoms with Crippen molar-refractivity contribution in [2.45, 2.75) is 23.6 Å². The normalized spacial score (nSPS) is 14.1. The van der Waals surface area contributed by atoms with Gasteiger partial charge in [0.1, 0.15) is 0 Å². The van der Waals surface area contributed by atoms with Crippen LogP contribution < -0.4 is 11.2 Å². The van der Waals surface area contributed by atoms with Gasteiger partial charge >= 0.3 is 5.69 Å². The van der Waals surface area contributed by atoms with Crippen LogP contribution in [0.2, 0.25) is 0 Å². The van der Waals surface area contributed by atoms with E-state index in [0.717, 1.165) is 10.5 Å². The summed E-state index contributed by atoms with van der Waals surface area (Å²) in [7, 11) is 0. The average Bonchev–Trinajstić information content (AvgIpc) is 2.97. The number of fused-ring (bicyclic) bond motifs is 1. The molecule has 0 spiro atoms. The molecule has 2 amide bonds. The second kappa shape index (κ2) is 8.16. The number of aromatic nitrogens is 2. The number of nitrogens with zero attached hydrogens (tertiary/aromatic N) is 2. The molecule has 3 aromatic rings. The van der Waals surface area contributed by atoms with E-state index in [1.54, 1.807) is 24.3 Å². The Labute approximate surface area is 176 Å². The summed E-state index contributed by atoms with van der Waals surface area (Å²) in [4.78, 5) is 53.5. The molecule has 1 N–H and O–H groups in total. The number of nitrogens with one attached hydrogen (secondary N) is 1. The van der Waals surface area contributed by atoms with E-state index in [1.165, 1.54) is 33.5 Å². The van der Waals surface area contributed by atoms with Crippen molar-refractivity contribution in [1.82, 2.24) is 14.5 Å². The van der Waals surface area contributed by atoms with Crippen LogP contribution in [-0.2, 0) is 0 Å². The van der Waals surface area contributed by atoms with Crippen LogP contribution in [0, 0.1) is 6.92 Å². The molecule has 0 saturated heterocycles. The van der Waals surface area contributed by atoms with E-state index in [1.807, 2.05) is 31.2 Å². The number of hydrogen-bond acceptors (Lipinski definition) is 5. The number of amides is 2. The van der Waals surface area contributed by atoms with Crippen LogP contribution in [0.25, 0.3) is 0 Å². The fourth-order valence-corrected chi connectivity index (χ4v) is 4.47. The number of rotatable bonds is 6. The number of hydrogen-bond donors (Lipinski definition) is 1. The Hall–Kier alpha value is -3.39. The molecule has 0 bridgehead atoms. The SMILES string of the molecule is Cc1ccc(SC(CCN2C(=O)c3ccccc3C2=O)n2ccc(=O)[nH]c2=O)cc1. The first-order valence-corrected chi connectivity index (χ1v) is 10.3. The summed E-state index contributed by atoms with van der Waals surface area (Å²) in [5, 5.41) is -0.415. The third-order valence-electron chi connectivity index (χ3n) is 4.93. The van der Waals surface area contributed by atoms with Gasteiger partial charge in [-0.2, -0.15) is 0 Å². The van der Waals surface area contributed by atoms with Gasteiger partial charge in [0.15, 0.2) is 0 Å². The lowest BCUT2D eigenvalue weighted by Crippen LogP contribution is -2.34. The Bertz CT molecular complexity index is 1190. The lowest BCUT2D eigenvalue weighted by molar-refractivity contribution is 0.0650. The van der Waals surface area contributed by atoms with E-state index in [-0.39, 0.29) is 18.4 Å². The molecule has 152 valence electrons. The molecule has 7 nitrogen and oxygen atoms in total. The first kappa shape index (κ1) is 19.9. The number of carbonyl (C=O) groups is 2. The number of thioether (sulfide) groups is 1. The van der Waals surface area contributed by atoms with Crippen molar-refractivity contribution >= 4 is 23.6 Å². The van der Waals surface area contributed by atoms with Crippen LogP contribution in [0.5, 0.6) is 0 Å². The molecule has 2 heterocycles. The Morgan fingerprint density at radius 1 is 0.900 bits per heavy atom. The highest BCUT2D eigenvalue weighted by molar-refractivity contribution is 7.99. The van der Waals surface area contributed by atoms with Gasteiger partial charge in [0.05, 0.1) is 16.5 Å². The molecule has 8 heteroatoms. The van der Waals surface area contributed by atoms with Crippen LogP contribution in [0.1, 0.15) is 38.1 Å². The molecule has 1 unspecified atom stereocenters. The molecule has 1 atom stereocenters. The maximum Gasteiger partial charge on any atom is 0.329 e. The lowest BCUT2D eigenvalue weighted by Gasteiger charge is -2.22. The summed E-state index contributed by atoms with van der Waals surface area (Å²) >= 11 is 1.43. The molecule has 0 fully saturated rings. The molecule has 0 aliphatic carbocycles. The van der Waals surface area contributed by atoms with Gasteiger partial charge in [-0.15, -0.1) is 11.8 Å². The number of aromatic amines is 1. The number of carbonyl (C=O) groups excluding carboxylic acids is 2. The van der Waals surface area contributed by atoms with Gasteiger partial charge < -0.3 is 0 Å². The first-order chi connectivity index (χ1) is 14.4. The topological polar surface area (TPSA) is 92.2 Å². The number of imide groups is 1. The number of aryl methyl sites for hydroxylation is 1. The minimum Gasteiger partial charge on any atom is -0.288 e. The van der Waals surface area contributed by atoms with Crippen molar-refractivity contribution in [3.8, 4) is 0 Å². The van der Waals surface area contributed by atoms with Gasteiger partial charge in [0.25, 0.3) is 17.4 Å².